The quantitative estimate of drug-likeness (QED) is 0.773. The maximum Gasteiger partial charge on any atom is 0.121 e. The third-order valence-corrected chi connectivity index (χ3v) is 5.01. The predicted octanol–water partition coefficient (Wildman–Crippen LogP) is 3.93. The summed E-state index contributed by atoms with van der Waals surface area (Å²) in [5.74, 6) is 2.55. The van der Waals surface area contributed by atoms with E-state index in [4.69, 9.17) is 4.74 Å². The molecule has 2 nitrogen and oxygen atoms in total. The summed E-state index contributed by atoms with van der Waals surface area (Å²) in [6.07, 6.45) is 2.39. The molecule has 2 bridgehead atoms. The molecule has 1 N–H and O–H groups in total. The van der Waals surface area contributed by atoms with Crippen molar-refractivity contribution in [2.75, 3.05) is 6.61 Å². The van der Waals surface area contributed by atoms with E-state index in [1.165, 1.54) is 5.57 Å². The normalized spacial score (nSPS) is 37.8. The second kappa shape index (κ2) is 4.68. The smallest absolute Gasteiger partial charge is 0.121 e. The molecule has 0 spiro atoms. The largest absolute Gasteiger partial charge is 0.508 e. The Morgan fingerprint density at radius 2 is 1.95 bits per heavy atom. The summed E-state index contributed by atoms with van der Waals surface area (Å²) in [5, 5.41) is 10.1. The third kappa shape index (κ3) is 1.99. The summed E-state index contributed by atoms with van der Waals surface area (Å²) < 4.78 is 6.12. The molecular weight excluding hydrogens is 236 g/mol. The maximum atomic E-state index is 10.1. The van der Waals surface area contributed by atoms with Crippen molar-refractivity contribution in [2.24, 2.45) is 23.7 Å². The van der Waals surface area contributed by atoms with Gasteiger partial charge in [-0.15, -0.1) is 0 Å². The van der Waals surface area contributed by atoms with Crippen LogP contribution in [0.3, 0.4) is 0 Å². The van der Waals surface area contributed by atoms with Gasteiger partial charge < -0.3 is 9.84 Å². The average molecular weight is 258 g/mol. The summed E-state index contributed by atoms with van der Waals surface area (Å²) in [5.41, 5.74) is 2.34. The SMILES string of the molecule is CC1=C[C@H](C)[C@@H]2CO[C@@H](c3ccccc3O)[C@@H]1[C@@H]2C. The van der Waals surface area contributed by atoms with E-state index in [1.54, 1.807) is 6.07 Å². The van der Waals surface area contributed by atoms with Crippen LogP contribution >= 0.6 is 0 Å². The summed E-state index contributed by atoms with van der Waals surface area (Å²) in [6.45, 7) is 7.61. The zero-order chi connectivity index (χ0) is 13.6. The van der Waals surface area contributed by atoms with E-state index in [9.17, 15) is 5.11 Å². The molecule has 1 heterocycles. The fourth-order valence-electron chi connectivity index (χ4n) is 3.96. The van der Waals surface area contributed by atoms with Crippen LogP contribution in [0.2, 0.25) is 0 Å². The molecule has 2 heteroatoms. The van der Waals surface area contributed by atoms with Gasteiger partial charge in [-0.05, 0) is 30.7 Å². The van der Waals surface area contributed by atoms with Crippen molar-refractivity contribution in [3.63, 3.8) is 0 Å². The Morgan fingerprint density at radius 1 is 1.21 bits per heavy atom. The van der Waals surface area contributed by atoms with Gasteiger partial charge in [0.1, 0.15) is 5.75 Å². The fraction of sp³-hybridized carbons (Fsp3) is 0.529. The van der Waals surface area contributed by atoms with Gasteiger partial charge in [0.05, 0.1) is 12.7 Å². The van der Waals surface area contributed by atoms with Gasteiger partial charge in [-0.3, -0.25) is 0 Å². The van der Waals surface area contributed by atoms with Gasteiger partial charge in [-0.2, -0.15) is 0 Å². The zero-order valence-electron chi connectivity index (χ0n) is 11.8. The molecule has 0 radical (unpaired) electrons. The van der Waals surface area contributed by atoms with Gasteiger partial charge in [0, 0.05) is 11.5 Å². The number of benzene rings is 1. The minimum Gasteiger partial charge on any atom is -0.508 e. The Balaban J connectivity index is 2.01. The summed E-state index contributed by atoms with van der Waals surface area (Å²) >= 11 is 0. The highest BCUT2D eigenvalue weighted by Crippen LogP contribution is 2.50. The highest BCUT2D eigenvalue weighted by molar-refractivity contribution is 5.36. The van der Waals surface area contributed by atoms with Gasteiger partial charge in [-0.1, -0.05) is 43.7 Å². The van der Waals surface area contributed by atoms with Crippen LogP contribution in [0, 0.1) is 23.7 Å². The summed E-state index contributed by atoms with van der Waals surface area (Å²) in [6, 6.07) is 7.57. The van der Waals surface area contributed by atoms with Gasteiger partial charge in [0.25, 0.3) is 0 Å². The number of hydrogen-bond donors (Lipinski definition) is 1. The van der Waals surface area contributed by atoms with Crippen molar-refractivity contribution in [3.05, 3.63) is 41.5 Å². The van der Waals surface area contributed by atoms with Gasteiger partial charge >= 0.3 is 0 Å². The molecular formula is C17H22O2. The van der Waals surface area contributed by atoms with E-state index < -0.39 is 0 Å². The van der Waals surface area contributed by atoms with Crippen molar-refractivity contribution < 1.29 is 9.84 Å². The van der Waals surface area contributed by atoms with Crippen molar-refractivity contribution in [2.45, 2.75) is 26.9 Å². The number of hydrogen-bond acceptors (Lipinski definition) is 2. The molecule has 1 fully saturated rings. The fourth-order valence-corrected chi connectivity index (χ4v) is 3.96. The highest BCUT2D eigenvalue weighted by Gasteiger charge is 2.44. The van der Waals surface area contributed by atoms with E-state index in [-0.39, 0.29) is 6.10 Å². The molecule has 0 aromatic heterocycles. The van der Waals surface area contributed by atoms with Crippen molar-refractivity contribution in [3.8, 4) is 5.75 Å². The van der Waals surface area contributed by atoms with E-state index in [0.717, 1.165) is 12.2 Å². The number of ether oxygens (including phenoxy) is 1. The standard InChI is InChI=1S/C17H22O2/c1-10-8-11(2)16-12(3)14(10)9-19-17(16)13-6-4-5-7-15(13)18/h4-8,10,12,14,16-18H,9H2,1-3H3/t10-,12+,14-,16-,17-/m0/s1. The van der Waals surface area contributed by atoms with Crippen LogP contribution in [0.4, 0.5) is 0 Å². The molecule has 102 valence electrons. The lowest BCUT2D eigenvalue weighted by Gasteiger charge is -2.47. The van der Waals surface area contributed by atoms with Crippen molar-refractivity contribution in [1.29, 1.82) is 0 Å². The third-order valence-electron chi connectivity index (χ3n) is 5.01. The van der Waals surface area contributed by atoms with E-state index in [2.05, 4.69) is 26.8 Å². The lowest BCUT2D eigenvalue weighted by molar-refractivity contribution is -0.0941. The predicted molar refractivity (Wildman–Crippen MR) is 75.9 cm³/mol. The number of allylic oxidation sites excluding steroid dienone is 1. The molecule has 2 aliphatic rings. The molecule has 1 aromatic rings. The van der Waals surface area contributed by atoms with Crippen molar-refractivity contribution >= 4 is 0 Å². The molecule has 1 aliphatic heterocycles. The number of aromatic hydroxyl groups is 1. The summed E-state index contributed by atoms with van der Waals surface area (Å²) in [4.78, 5) is 0. The lowest BCUT2D eigenvalue weighted by Crippen LogP contribution is -2.42. The minimum absolute atomic E-state index is 0.00352. The Labute approximate surface area is 115 Å². The molecule has 3 rings (SSSR count). The Bertz CT molecular complexity index is 506. The van der Waals surface area contributed by atoms with Crippen molar-refractivity contribution in [1.82, 2.24) is 0 Å². The molecule has 0 saturated carbocycles. The number of phenols is 1. The molecule has 1 aliphatic carbocycles. The second-order valence-corrected chi connectivity index (χ2v) is 6.13. The van der Waals surface area contributed by atoms with E-state index in [0.29, 0.717) is 29.4 Å². The first-order chi connectivity index (χ1) is 9.09. The minimum atomic E-state index is -0.00352. The zero-order valence-corrected chi connectivity index (χ0v) is 11.8. The molecule has 0 amide bonds. The second-order valence-electron chi connectivity index (χ2n) is 6.13. The molecule has 0 unspecified atom stereocenters. The number of rotatable bonds is 1. The number of phenolic OH excluding ortho intramolecular Hbond substituents is 1. The topological polar surface area (TPSA) is 29.5 Å². The van der Waals surface area contributed by atoms with Crippen LogP contribution in [-0.4, -0.2) is 11.7 Å². The number of para-hydroxylation sites is 1. The van der Waals surface area contributed by atoms with E-state index >= 15 is 0 Å². The molecule has 1 aromatic carbocycles. The van der Waals surface area contributed by atoms with Gasteiger partial charge in [0.15, 0.2) is 0 Å². The van der Waals surface area contributed by atoms with Crippen LogP contribution in [0.25, 0.3) is 0 Å². The van der Waals surface area contributed by atoms with E-state index in [1.807, 2.05) is 18.2 Å². The van der Waals surface area contributed by atoms with Gasteiger partial charge in [-0.25, -0.2) is 0 Å². The van der Waals surface area contributed by atoms with Crippen LogP contribution in [0.1, 0.15) is 32.4 Å². The Morgan fingerprint density at radius 3 is 2.68 bits per heavy atom. The Kier molecular flexibility index (Phi) is 3.14. The Hall–Kier alpha value is -1.28. The first kappa shape index (κ1) is 12.7. The van der Waals surface area contributed by atoms with Crippen LogP contribution in [-0.2, 0) is 4.74 Å². The first-order valence-electron chi connectivity index (χ1n) is 7.17. The lowest BCUT2D eigenvalue weighted by atomic mass is 9.64. The van der Waals surface area contributed by atoms with Crippen LogP contribution in [0.5, 0.6) is 5.75 Å². The first-order valence-corrected chi connectivity index (χ1v) is 7.17. The molecule has 1 saturated heterocycles. The highest BCUT2D eigenvalue weighted by atomic mass is 16.5. The van der Waals surface area contributed by atoms with Crippen LogP contribution < -0.4 is 0 Å². The molecule has 19 heavy (non-hydrogen) atoms. The monoisotopic (exact) mass is 258 g/mol. The maximum absolute atomic E-state index is 10.1. The van der Waals surface area contributed by atoms with Crippen LogP contribution in [0.15, 0.2) is 35.9 Å². The summed E-state index contributed by atoms with van der Waals surface area (Å²) in [7, 11) is 0. The average Bonchev–Trinajstić information content (AvgIpc) is 2.36. The van der Waals surface area contributed by atoms with Gasteiger partial charge in [0.2, 0.25) is 0 Å². The molecule has 5 atom stereocenters. The number of fused-ring (bicyclic) bond motifs is 2.